The second-order valence-electron chi connectivity index (χ2n) is 3.59. The highest BCUT2D eigenvalue weighted by molar-refractivity contribution is 5.33. The van der Waals surface area contributed by atoms with E-state index in [4.69, 9.17) is 0 Å². The normalized spacial score (nSPS) is 19.4. The summed E-state index contributed by atoms with van der Waals surface area (Å²) in [5, 5.41) is 3.51. The lowest BCUT2D eigenvalue weighted by Crippen LogP contribution is -2.29. The van der Waals surface area contributed by atoms with E-state index < -0.39 is 0 Å². The molecule has 0 amide bonds. The van der Waals surface area contributed by atoms with Gasteiger partial charge >= 0.3 is 0 Å². The monoisotopic (exact) mass is 185 g/mol. The Balaban J connectivity index is 2.24. The fraction of sp³-hybridized carbons (Fsp3) is 0.385. The number of rotatable bonds is 1. The summed E-state index contributed by atoms with van der Waals surface area (Å²) in [5.74, 6) is 6.10. The minimum atomic E-state index is 0.437. The van der Waals surface area contributed by atoms with Crippen LogP contribution in [0.5, 0.6) is 0 Å². The fourth-order valence-electron chi connectivity index (χ4n) is 1.98. The second-order valence-corrected chi connectivity index (χ2v) is 3.59. The molecule has 14 heavy (non-hydrogen) atoms. The molecule has 1 aromatic carbocycles. The maximum absolute atomic E-state index is 3.51. The SMILES string of the molecule is CC#CCC1NCCc2ccccc21. The van der Waals surface area contributed by atoms with E-state index in [9.17, 15) is 0 Å². The van der Waals surface area contributed by atoms with Crippen LogP contribution >= 0.6 is 0 Å². The van der Waals surface area contributed by atoms with Crippen LogP contribution in [0.1, 0.15) is 30.5 Å². The van der Waals surface area contributed by atoms with Crippen molar-refractivity contribution in [1.82, 2.24) is 5.32 Å². The zero-order valence-electron chi connectivity index (χ0n) is 8.51. The maximum Gasteiger partial charge on any atom is 0.0433 e. The van der Waals surface area contributed by atoms with Crippen molar-refractivity contribution in [2.24, 2.45) is 0 Å². The predicted molar refractivity (Wildman–Crippen MR) is 59.0 cm³/mol. The minimum absolute atomic E-state index is 0.437. The molecule has 1 heteroatoms. The largest absolute Gasteiger partial charge is 0.309 e. The molecule has 0 saturated carbocycles. The number of nitrogens with one attached hydrogen (secondary N) is 1. The van der Waals surface area contributed by atoms with Gasteiger partial charge in [-0.1, -0.05) is 24.3 Å². The first-order chi connectivity index (χ1) is 6.92. The number of hydrogen-bond acceptors (Lipinski definition) is 1. The van der Waals surface area contributed by atoms with Gasteiger partial charge < -0.3 is 5.32 Å². The zero-order chi connectivity index (χ0) is 9.80. The molecule has 0 bridgehead atoms. The Morgan fingerprint density at radius 1 is 1.43 bits per heavy atom. The third kappa shape index (κ3) is 1.81. The van der Waals surface area contributed by atoms with Crippen molar-refractivity contribution >= 4 is 0 Å². The molecule has 1 aliphatic heterocycles. The molecule has 0 aromatic heterocycles. The quantitative estimate of drug-likeness (QED) is 0.662. The summed E-state index contributed by atoms with van der Waals surface area (Å²) in [7, 11) is 0. The Labute approximate surface area is 85.5 Å². The highest BCUT2D eigenvalue weighted by Crippen LogP contribution is 2.24. The van der Waals surface area contributed by atoms with Crippen LogP contribution in [0.3, 0.4) is 0 Å². The molecule has 1 atom stereocenters. The van der Waals surface area contributed by atoms with Gasteiger partial charge in [-0.15, -0.1) is 11.8 Å². The molecule has 0 fully saturated rings. The highest BCUT2D eigenvalue weighted by Gasteiger charge is 2.17. The van der Waals surface area contributed by atoms with E-state index in [1.54, 1.807) is 0 Å². The van der Waals surface area contributed by atoms with E-state index in [1.165, 1.54) is 11.1 Å². The molecule has 0 aliphatic carbocycles. The molecule has 1 unspecified atom stereocenters. The Hall–Kier alpha value is -1.26. The van der Waals surface area contributed by atoms with Gasteiger partial charge in [-0.05, 0) is 31.0 Å². The molecule has 1 nitrogen and oxygen atoms in total. The van der Waals surface area contributed by atoms with Crippen molar-refractivity contribution in [3.63, 3.8) is 0 Å². The Bertz CT molecular complexity index is 370. The summed E-state index contributed by atoms with van der Waals surface area (Å²) in [5.41, 5.74) is 2.91. The maximum atomic E-state index is 3.51. The van der Waals surface area contributed by atoms with Crippen LogP contribution in [0.2, 0.25) is 0 Å². The van der Waals surface area contributed by atoms with Crippen molar-refractivity contribution in [2.75, 3.05) is 6.54 Å². The number of hydrogen-bond donors (Lipinski definition) is 1. The van der Waals surface area contributed by atoms with Gasteiger partial charge in [-0.25, -0.2) is 0 Å². The predicted octanol–water partition coefficient (Wildman–Crippen LogP) is 2.29. The van der Waals surface area contributed by atoms with E-state index >= 15 is 0 Å². The van der Waals surface area contributed by atoms with Gasteiger partial charge in [-0.2, -0.15) is 0 Å². The molecule has 0 saturated heterocycles. The molecule has 2 rings (SSSR count). The summed E-state index contributed by atoms with van der Waals surface area (Å²) in [4.78, 5) is 0. The average molecular weight is 185 g/mol. The van der Waals surface area contributed by atoms with Crippen LogP contribution < -0.4 is 5.32 Å². The van der Waals surface area contributed by atoms with E-state index in [1.807, 2.05) is 6.92 Å². The number of benzene rings is 1. The van der Waals surface area contributed by atoms with Gasteiger partial charge in [0.05, 0.1) is 0 Å². The smallest absolute Gasteiger partial charge is 0.0433 e. The molecule has 0 radical (unpaired) electrons. The molecule has 0 spiro atoms. The summed E-state index contributed by atoms with van der Waals surface area (Å²) in [6.07, 6.45) is 2.07. The van der Waals surface area contributed by atoms with Gasteiger partial charge in [0.1, 0.15) is 0 Å². The van der Waals surface area contributed by atoms with Crippen molar-refractivity contribution < 1.29 is 0 Å². The Morgan fingerprint density at radius 2 is 2.29 bits per heavy atom. The lowest BCUT2D eigenvalue weighted by atomic mass is 9.93. The summed E-state index contributed by atoms with van der Waals surface area (Å²) < 4.78 is 0. The van der Waals surface area contributed by atoms with Gasteiger partial charge in [-0.3, -0.25) is 0 Å². The van der Waals surface area contributed by atoms with Gasteiger partial charge in [0.2, 0.25) is 0 Å². The van der Waals surface area contributed by atoms with Crippen LogP contribution in [0.15, 0.2) is 24.3 Å². The lowest BCUT2D eigenvalue weighted by molar-refractivity contribution is 0.514. The topological polar surface area (TPSA) is 12.0 Å². The third-order valence-electron chi connectivity index (χ3n) is 2.70. The minimum Gasteiger partial charge on any atom is -0.309 e. The van der Waals surface area contributed by atoms with E-state index in [0.29, 0.717) is 6.04 Å². The summed E-state index contributed by atoms with van der Waals surface area (Å²) in [6, 6.07) is 9.10. The molecular formula is C13H15N. The second kappa shape index (κ2) is 4.30. The summed E-state index contributed by atoms with van der Waals surface area (Å²) >= 11 is 0. The summed E-state index contributed by atoms with van der Waals surface area (Å²) in [6.45, 7) is 2.97. The highest BCUT2D eigenvalue weighted by atomic mass is 14.9. The van der Waals surface area contributed by atoms with Gasteiger partial charge in [0.25, 0.3) is 0 Å². The first-order valence-corrected chi connectivity index (χ1v) is 5.12. The Morgan fingerprint density at radius 3 is 3.14 bits per heavy atom. The van der Waals surface area contributed by atoms with Crippen molar-refractivity contribution in [3.8, 4) is 11.8 Å². The van der Waals surface area contributed by atoms with Crippen LogP contribution in [-0.2, 0) is 6.42 Å². The van der Waals surface area contributed by atoms with Crippen LogP contribution in [-0.4, -0.2) is 6.54 Å². The average Bonchev–Trinajstić information content (AvgIpc) is 2.26. The first-order valence-electron chi connectivity index (χ1n) is 5.12. The van der Waals surface area contributed by atoms with Crippen LogP contribution in [0, 0.1) is 11.8 Å². The van der Waals surface area contributed by atoms with Crippen molar-refractivity contribution in [1.29, 1.82) is 0 Å². The van der Waals surface area contributed by atoms with E-state index in [0.717, 1.165) is 19.4 Å². The van der Waals surface area contributed by atoms with Crippen LogP contribution in [0.4, 0.5) is 0 Å². The van der Waals surface area contributed by atoms with Gasteiger partial charge in [0.15, 0.2) is 0 Å². The van der Waals surface area contributed by atoms with E-state index in [2.05, 4.69) is 41.4 Å². The molecule has 1 aliphatic rings. The molecular weight excluding hydrogens is 170 g/mol. The first kappa shape index (κ1) is 9.30. The lowest BCUT2D eigenvalue weighted by Gasteiger charge is -2.25. The van der Waals surface area contributed by atoms with Gasteiger partial charge in [0, 0.05) is 12.5 Å². The number of fused-ring (bicyclic) bond motifs is 1. The fourth-order valence-corrected chi connectivity index (χ4v) is 1.98. The van der Waals surface area contributed by atoms with Crippen molar-refractivity contribution in [3.05, 3.63) is 35.4 Å². The Kier molecular flexibility index (Phi) is 2.86. The molecule has 1 heterocycles. The molecule has 1 aromatic rings. The zero-order valence-corrected chi connectivity index (χ0v) is 8.51. The van der Waals surface area contributed by atoms with Crippen LogP contribution in [0.25, 0.3) is 0 Å². The third-order valence-corrected chi connectivity index (χ3v) is 2.70. The van der Waals surface area contributed by atoms with E-state index in [-0.39, 0.29) is 0 Å². The standard InChI is InChI=1S/C13H15N/c1-2-3-8-13-12-7-5-4-6-11(12)9-10-14-13/h4-7,13-14H,8-10H2,1H3. The molecule has 72 valence electrons. The van der Waals surface area contributed by atoms with Crippen molar-refractivity contribution in [2.45, 2.75) is 25.8 Å². The molecule has 1 N–H and O–H groups in total.